The van der Waals surface area contributed by atoms with Gasteiger partial charge in [0.15, 0.2) is 0 Å². The Hall–Kier alpha value is -2.22. The monoisotopic (exact) mass is 251 g/mol. The first-order valence-electron chi connectivity index (χ1n) is 6.29. The molecule has 0 N–H and O–H groups in total. The largest absolute Gasteiger partial charge is 0.255 e. The van der Waals surface area contributed by atoms with E-state index < -0.39 is 6.67 Å². The number of alkyl halides is 1. The second kappa shape index (κ2) is 4.81. The fourth-order valence-corrected chi connectivity index (χ4v) is 2.38. The molecule has 3 aromatic rings. The molecule has 0 aliphatic rings. The molecular formula is C17H14FN. The number of aryl methyl sites for hydroxylation is 1. The number of nitrogens with zero attached hydrogens (tertiary/aromatic N) is 1. The number of halogens is 1. The van der Waals surface area contributed by atoms with Gasteiger partial charge in [0.2, 0.25) is 0 Å². The van der Waals surface area contributed by atoms with Gasteiger partial charge in [0.1, 0.15) is 6.67 Å². The summed E-state index contributed by atoms with van der Waals surface area (Å²) in [6, 6.07) is 16.1. The van der Waals surface area contributed by atoms with Crippen LogP contribution in [0.3, 0.4) is 0 Å². The van der Waals surface area contributed by atoms with Gasteiger partial charge in [-0.15, -0.1) is 0 Å². The molecule has 0 bridgehead atoms. The van der Waals surface area contributed by atoms with Crippen LogP contribution in [-0.2, 0) is 6.67 Å². The second-order valence-electron chi connectivity index (χ2n) is 4.68. The van der Waals surface area contributed by atoms with E-state index in [4.69, 9.17) is 0 Å². The first-order valence-corrected chi connectivity index (χ1v) is 6.29. The van der Waals surface area contributed by atoms with Crippen molar-refractivity contribution in [3.63, 3.8) is 0 Å². The highest BCUT2D eigenvalue weighted by molar-refractivity contribution is 5.96. The van der Waals surface area contributed by atoms with E-state index in [0.29, 0.717) is 5.56 Å². The number of pyridine rings is 1. The van der Waals surface area contributed by atoms with E-state index in [-0.39, 0.29) is 0 Å². The maximum absolute atomic E-state index is 13.0. The standard InChI is InChI=1S/C17H14FN/c1-12-5-4-6-13(9-12)17-16-8-3-2-7-15(16)14(10-18)11-19-17/h2-9,11H,10H2,1H3. The van der Waals surface area contributed by atoms with Gasteiger partial charge in [0, 0.05) is 22.7 Å². The SMILES string of the molecule is Cc1cccc(-c2ncc(CF)c3ccccc23)c1. The highest BCUT2D eigenvalue weighted by Crippen LogP contribution is 2.29. The highest BCUT2D eigenvalue weighted by Gasteiger charge is 2.08. The fraction of sp³-hybridized carbons (Fsp3) is 0.118. The molecule has 0 spiro atoms. The van der Waals surface area contributed by atoms with Crippen molar-refractivity contribution in [2.75, 3.05) is 0 Å². The molecule has 0 radical (unpaired) electrons. The van der Waals surface area contributed by atoms with Gasteiger partial charge in [-0.25, -0.2) is 4.39 Å². The zero-order valence-electron chi connectivity index (χ0n) is 10.7. The predicted molar refractivity (Wildman–Crippen MR) is 76.7 cm³/mol. The second-order valence-corrected chi connectivity index (χ2v) is 4.68. The lowest BCUT2D eigenvalue weighted by Crippen LogP contribution is -1.91. The van der Waals surface area contributed by atoms with Gasteiger partial charge in [0.25, 0.3) is 0 Å². The van der Waals surface area contributed by atoms with Crippen molar-refractivity contribution in [1.82, 2.24) is 4.98 Å². The molecule has 0 saturated carbocycles. The van der Waals surface area contributed by atoms with Crippen LogP contribution in [0.15, 0.2) is 54.7 Å². The lowest BCUT2D eigenvalue weighted by molar-refractivity contribution is 0.487. The van der Waals surface area contributed by atoms with Crippen molar-refractivity contribution >= 4 is 10.8 Å². The van der Waals surface area contributed by atoms with Crippen molar-refractivity contribution < 1.29 is 4.39 Å². The Balaban J connectivity index is 2.31. The van der Waals surface area contributed by atoms with Crippen LogP contribution in [0, 0.1) is 6.92 Å². The molecule has 0 amide bonds. The summed E-state index contributed by atoms with van der Waals surface area (Å²) in [6.07, 6.45) is 1.64. The summed E-state index contributed by atoms with van der Waals surface area (Å²) in [7, 11) is 0. The number of hydrogen-bond donors (Lipinski definition) is 0. The number of hydrogen-bond acceptors (Lipinski definition) is 1. The molecular weight excluding hydrogens is 237 g/mol. The molecule has 2 heteroatoms. The third kappa shape index (κ3) is 2.10. The summed E-state index contributed by atoms with van der Waals surface area (Å²) in [4.78, 5) is 4.45. The Kier molecular flexibility index (Phi) is 3.00. The molecule has 0 aliphatic heterocycles. The van der Waals surface area contributed by atoms with Crippen LogP contribution < -0.4 is 0 Å². The first kappa shape index (κ1) is 11.8. The Morgan fingerprint density at radius 3 is 2.53 bits per heavy atom. The molecule has 1 nitrogen and oxygen atoms in total. The van der Waals surface area contributed by atoms with Crippen molar-refractivity contribution in [2.24, 2.45) is 0 Å². The minimum absolute atomic E-state index is 0.485. The third-order valence-electron chi connectivity index (χ3n) is 3.31. The van der Waals surface area contributed by atoms with Crippen molar-refractivity contribution in [1.29, 1.82) is 0 Å². The van der Waals surface area contributed by atoms with Crippen LogP contribution in [0.4, 0.5) is 4.39 Å². The van der Waals surface area contributed by atoms with Gasteiger partial charge < -0.3 is 0 Å². The van der Waals surface area contributed by atoms with Crippen molar-refractivity contribution in [3.8, 4) is 11.3 Å². The number of aromatic nitrogens is 1. The summed E-state index contributed by atoms with van der Waals surface area (Å²) < 4.78 is 13.0. The molecule has 1 aromatic heterocycles. The number of benzene rings is 2. The average molecular weight is 251 g/mol. The van der Waals surface area contributed by atoms with Crippen LogP contribution in [0.5, 0.6) is 0 Å². The zero-order valence-corrected chi connectivity index (χ0v) is 10.7. The summed E-state index contributed by atoms with van der Waals surface area (Å²) in [5, 5.41) is 1.94. The van der Waals surface area contributed by atoms with Crippen molar-refractivity contribution in [3.05, 3.63) is 65.9 Å². The fourth-order valence-electron chi connectivity index (χ4n) is 2.38. The Bertz CT molecular complexity index is 734. The quantitative estimate of drug-likeness (QED) is 0.644. The zero-order chi connectivity index (χ0) is 13.2. The molecule has 1 heterocycles. The first-order chi connectivity index (χ1) is 9.29. The molecule has 0 aliphatic carbocycles. The minimum atomic E-state index is -0.485. The Morgan fingerprint density at radius 2 is 1.79 bits per heavy atom. The molecule has 2 aromatic carbocycles. The molecule has 3 rings (SSSR count). The topological polar surface area (TPSA) is 12.9 Å². The van der Waals surface area contributed by atoms with Gasteiger partial charge in [-0.1, -0.05) is 48.0 Å². The van der Waals surface area contributed by atoms with Gasteiger partial charge >= 0.3 is 0 Å². The predicted octanol–water partition coefficient (Wildman–Crippen LogP) is 4.68. The van der Waals surface area contributed by atoms with Crippen LogP contribution in [0.1, 0.15) is 11.1 Å². The third-order valence-corrected chi connectivity index (χ3v) is 3.31. The van der Waals surface area contributed by atoms with Crippen molar-refractivity contribution in [2.45, 2.75) is 13.6 Å². The van der Waals surface area contributed by atoms with E-state index in [2.05, 4.69) is 24.0 Å². The summed E-state index contributed by atoms with van der Waals surface area (Å²) in [6.45, 7) is 1.57. The lowest BCUT2D eigenvalue weighted by Gasteiger charge is -2.09. The highest BCUT2D eigenvalue weighted by atomic mass is 19.1. The number of rotatable bonds is 2. The Labute approximate surface area is 111 Å². The van der Waals surface area contributed by atoms with E-state index in [1.165, 1.54) is 5.56 Å². The van der Waals surface area contributed by atoms with Gasteiger partial charge in [0.05, 0.1) is 5.69 Å². The number of fused-ring (bicyclic) bond motifs is 1. The molecule has 0 unspecified atom stereocenters. The molecule has 19 heavy (non-hydrogen) atoms. The summed E-state index contributed by atoms with van der Waals surface area (Å²) in [5.41, 5.74) is 3.82. The molecule has 0 fully saturated rings. The maximum Gasteiger partial charge on any atom is 0.117 e. The van der Waals surface area contributed by atoms with Crippen LogP contribution in [0.25, 0.3) is 22.0 Å². The lowest BCUT2D eigenvalue weighted by atomic mass is 10.0. The van der Waals surface area contributed by atoms with Crippen LogP contribution >= 0.6 is 0 Å². The van der Waals surface area contributed by atoms with E-state index in [9.17, 15) is 4.39 Å². The van der Waals surface area contributed by atoms with Gasteiger partial charge in [-0.2, -0.15) is 0 Å². The van der Waals surface area contributed by atoms with E-state index in [1.807, 2.05) is 36.4 Å². The van der Waals surface area contributed by atoms with Gasteiger partial charge in [-0.05, 0) is 18.4 Å². The minimum Gasteiger partial charge on any atom is -0.255 e. The average Bonchev–Trinajstić information content (AvgIpc) is 2.46. The van der Waals surface area contributed by atoms with E-state index >= 15 is 0 Å². The molecule has 0 atom stereocenters. The molecule has 94 valence electrons. The Morgan fingerprint density at radius 1 is 1.00 bits per heavy atom. The summed E-state index contributed by atoms with van der Waals surface area (Å²) in [5.74, 6) is 0. The maximum atomic E-state index is 13.0. The van der Waals surface area contributed by atoms with E-state index in [1.54, 1.807) is 6.20 Å². The summed E-state index contributed by atoms with van der Waals surface area (Å²) >= 11 is 0. The smallest absolute Gasteiger partial charge is 0.117 e. The van der Waals surface area contributed by atoms with E-state index in [0.717, 1.165) is 22.0 Å². The molecule has 0 saturated heterocycles. The van der Waals surface area contributed by atoms with Gasteiger partial charge in [-0.3, -0.25) is 4.98 Å². The van der Waals surface area contributed by atoms with Crippen LogP contribution in [0.2, 0.25) is 0 Å². The van der Waals surface area contributed by atoms with Crippen LogP contribution in [-0.4, -0.2) is 4.98 Å². The normalized spacial score (nSPS) is 10.8.